The molecule has 0 N–H and O–H groups in total. The molecular formula is C24H31FO2S2. The Balaban J connectivity index is 1.90. The van der Waals surface area contributed by atoms with E-state index in [0.717, 1.165) is 33.8 Å². The maximum Gasteiger partial charge on any atom is 0.306 e. The molecule has 0 amide bonds. The van der Waals surface area contributed by atoms with Crippen LogP contribution in [0.3, 0.4) is 0 Å². The van der Waals surface area contributed by atoms with Crippen LogP contribution in [-0.2, 0) is 9.53 Å². The SMILES string of the molecule is CCCCC(CC)COC(=O)CCSc1cc(SC)cc(-c2cccc(F)c2)c1. The van der Waals surface area contributed by atoms with Crippen LogP contribution in [0.5, 0.6) is 0 Å². The highest BCUT2D eigenvalue weighted by molar-refractivity contribution is 7.99. The van der Waals surface area contributed by atoms with E-state index >= 15 is 0 Å². The second-order valence-electron chi connectivity index (χ2n) is 7.11. The van der Waals surface area contributed by atoms with E-state index < -0.39 is 0 Å². The summed E-state index contributed by atoms with van der Waals surface area (Å²) in [6.07, 6.45) is 6.96. The molecule has 29 heavy (non-hydrogen) atoms. The van der Waals surface area contributed by atoms with Crippen LogP contribution in [0.15, 0.2) is 52.3 Å². The zero-order valence-electron chi connectivity index (χ0n) is 17.6. The fourth-order valence-corrected chi connectivity index (χ4v) is 4.53. The highest BCUT2D eigenvalue weighted by atomic mass is 32.2. The third-order valence-corrected chi connectivity index (χ3v) is 6.56. The predicted octanol–water partition coefficient (Wildman–Crippen LogP) is 7.46. The molecular weight excluding hydrogens is 403 g/mol. The van der Waals surface area contributed by atoms with Crippen molar-refractivity contribution in [2.45, 2.75) is 55.7 Å². The van der Waals surface area contributed by atoms with Crippen LogP contribution >= 0.6 is 23.5 Å². The summed E-state index contributed by atoms with van der Waals surface area (Å²) in [7, 11) is 0. The Hall–Kier alpha value is -1.46. The van der Waals surface area contributed by atoms with Gasteiger partial charge in [-0.15, -0.1) is 23.5 Å². The molecule has 0 aliphatic rings. The van der Waals surface area contributed by atoms with Crippen molar-refractivity contribution >= 4 is 29.5 Å². The number of hydrogen-bond donors (Lipinski definition) is 0. The van der Waals surface area contributed by atoms with Crippen molar-refractivity contribution in [2.75, 3.05) is 18.6 Å². The maximum absolute atomic E-state index is 13.6. The van der Waals surface area contributed by atoms with Crippen LogP contribution in [0.25, 0.3) is 11.1 Å². The van der Waals surface area contributed by atoms with Gasteiger partial charge in [-0.1, -0.05) is 45.2 Å². The van der Waals surface area contributed by atoms with Crippen molar-refractivity contribution in [1.82, 2.24) is 0 Å². The first-order valence-corrected chi connectivity index (χ1v) is 12.5. The van der Waals surface area contributed by atoms with E-state index in [2.05, 4.69) is 32.0 Å². The number of ether oxygens (including phenoxy) is 1. The molecule has 2 aromatic carbocycles. The molecule has 0 aliphatic heterocycles. The van der Waals surface area contributed by atoms with Crippen LogP contribution in [0, 0.1) is 11.7 Å². The fraction of sp³-hybridized carbons (Fsp3) is 0.458. The lowest BCUT2D eigenvalue weighted by molar-refractivity contribution is -0.144. The molecule has 0 aliphatic carbocycles. The molecule has 5 heteroatoms. The molecule has 0 aromatic heterocycles. The molecule has 0 saturated carbocycles. The molecule has 1 atom stereocenters. The monoisotopic (exact) mass is 434 g/mol. The number of esters is 1. The third kappa shape index (κ3) is 8.43. The molecule has 1 unspecified atom stereocenters. The average Bonchev–Trinajstić information content (AvgIpc) is 2.73. The number of halogens is 1. The van der Waals surface area contributed by atoms with Crippen LogP contribution in [-0.4, -0.2) is 24.6 Å². The van der Waals surface area contributed by atoms with E-state index in [1.54, 1.807) is 35.7 Å². The van der Waals surface area contributed by atoms with Crippen LogP contribution < -0.4 is 0 Å². The van der Waals surface area contributed by atoms with Crippen molar-refractivity contribution in [1.29, 1.82) is 0 Å². The molecule has 2 aromatic rings. The lowest BCUT2D eigenvalue weighted by Gasteiger charge is -2.14. The number of thioether (sulfide) groups is 2. The Bertz CT molecular complexity index is 779. The molecule has 0 radical (unpaired) electrons. The number of hydrogen-bond acceptors (Lipinski definition) is 4. The second kappa shape index (κ2) is 13.0. The predicted molar refractivity (Wildman–Crippen MR) is 123 cm³/mol. The summed E-state index contributed by atoms with van der Waals surface area (Å²) in [6.45, 7) is 4.87. The quantitative estimate of drug-likeness (QED) is 0.256. The van der Waals surface area contributed by atoms with Crippen molar-refractivity contribution in [2.24, 2.45) is 5.92 Å². The highest BCUT2D eigenvalue weighted by Crippen LogP contribution is 2.31. The lowest BCUT2D eigenvalue weighted by Crippen LogP contribution is -2.14. The van der Waals surface area contributed by atoms with Gasteiger partial charge >= 0.3 is 5.97 Å². The minimum Gasteiger partial charge on any atom is -0.465 e. The minimum absolute atomic E-state index is 0.126. The van der Waals surface area contributed by atoms with Crippen molar-refractivity contribution < 1.29 is 13.9 Å². The van der Waals surface area contributed by atoms with Gasteiger partial charge < -0.3 is 4.74 Å². The van der Waals surface area contributed by atoms with Gasteiger partial charge in [0, 0.05) is 15.5 Å². The Morgan fingerprint density at radius 1 is 1.10 bits per heavy atom. The number of benzene rings is 2. The van der Waals surface area contributed by atoms with Gasteiger partial charge in [-0.2, -0.15) is 0 Å². The summed E-state index contributed by atoms with van der Waals surface area (Å²) in [6, 6.07) is 12.9. The first-order chi connectivity index (χ1) is 14.0. The second-order valence-corrected chi connectivity index (χ2v) is 9.15. The van der Waals surface area contributed by atoms with Gasteiger partial charge in [-0.05, 0) is 60.1 Å². The van der Waals surface area contributed by atoms with E-state index in [1.807, 2.05) is 12.3 Å². The van der Waals surface area contributed by atoms with Gasteiger partial charge in [0.05, 0.1) is 13.0 Å². The maximum atomic E-state index is 13.6. The van der Waals surface area contributed by atoms with E-state index in [1.165, 1.54) is 18.9 Å². The van der Waals surface area contributed by atoms with E-state index in [4.69, 9.17) is 4.74 Å². The number of carbonyl (C=O) groups is 1. The Morgan fingerprint density at radius 2 is 1.90 bits per heavy atom. The number of carbonyl (C=O) groups excluding carboxylic acids is 1. The lowest BCUT2D eigenvalue weighted by atomic mass is 10.0. The molecule has 0 saturated heterocycles. The van der Waals surface area contributed by atoms with Crippen LogP contribution in [0.2, 0.25) is 0 Å². The largest absolute Gasteiger partial charge is 0.465 e. The van der Waals surface area contributed by atoms with Gasteiger partial charge in [0.2, 0.25) is 0 Å². The molecule has 0 heterocycles. The van der Waals surface area contributed by atoms with Gasteiger partial charge in [-0.25, -0.2) is 4.39 Å². The molecule has 0 spiro atoms. The summed E-state index contributed by atoms with van der Waals surface area (Å²) in [4.78, 5) is 14.3. The van der Waals surface area contributed by atoms with Crippen molar-refractivity contribution in [3.05, 3.63) is 48.3 Å². The van der Waals surface area contributed by atoms with Crippen LogP contribution in [0.4, 0.5) is 4.39 Å². The Kier molecular flexibility index (Phi) is 10.6. The molecule has 0 bridgehead atoms. The number of unbranched alkanes of at least 4 members (excludes halogenated alkanes) is 1. The van der Waals surface area contributed by atoms with E-state index in [9.17, 15) is 9.18 Å². The van der Waals surface area contributed by atoms with Gasteiger partial charge in [-0.3, -0.25) is 4.79 Å². The molecule has 0 fully saturated rings. The Labute approximate surface area is 183 Å². The normalized spacial score (nSPS) is 12.0. The summed E-state index contributed by atoms with van der Waals surface area (Å²) in [5, 5.41) is 0. The first kappa shape index (κ1) is 23.8. The Morgan fingerprint density at radius 3 is 2.59 bits per heavy atom. The zero-order chi connectivity index (χ0) is 21.1. The topological polar surface area (TPSA) is 26.3 Å². The van der Waals surface area contributed by atoms with Gasteiger partial charge in [0.25, 0.3) is 0 Å². The summed E-state index contributed by atoms with van der Waals surface area (Å²) >= 11 is 3.29. The first-order valence-electron chi connectivity index (χ1n) is 10.3. The summed E-state index contributed by atoms with van der Waals surface area (Å²) in [5.41, 5.74) is 1.85. The fourth-order valence-electron chi connectivity index (χ4n) is 3.04. The van der Waals surface area contributed by atoms with Crippen LogP contribution in [0.1, 0.15) is 46.0 Å². The van der Waals surface area contributed by atoms with Crippen molar-refractivity contribution in [3.63, 3.8) is 0 Å². The smallest absolute Gasteiger partial charge is 0.306 e. The average molecular weight is 435 g/mol. The van der Waals surface area contributed by atoms with Gasteiger partial charge in [0.1, 0.15) is 5.82 Å². The third-order valence-electron chi connectivity index (χ3n) is 4.87. The highest BCUT2D eigenvalue weighted by Gasteiger charge is 2.11. The molecule has 158 valence electrons. The number of rotatable bonds is 12. The summed E-state index contributed by atoms with van der Waals surface area (Å²) < 4.78 is 19.1. The molecule has 2 rings (SSSR count). The minimum atomic E-state index is -0.238. The summed E-state index contributed by atoms with van der Waals surface area (Å²) in [5.74, 6) is 0.779. The zero-order valence-corrected chi connectivity index (χ0v) is 19.2. The molecule has 2 nitrogen and oxygen atoms in total. The standard InChI is InChI=1S/C24H31FO2S2/c1-4-6-8-18(5-2)17-27-24(26)11-12-29-23-15-20(14-22(16-23)28-3)19-9-7-10-21(25)13-19/h7,9-10,13-16,18H,4-6,8,11-12,17H2,1-3H3. The van der Waals surface area contributed by atoms with Gasteiger partial charge in [0.15, 0.2) is 0 Å². The van der Waals surface area contributed by atoms with E-state index in [0.29, 0.717) is 24.7 Å². The van der Waals surface area contributed by atoms with Crippen molar-refractivity contribution in [3.8, 4) is 11.1 Å². The van der Waals surface area contributed by atoms with E-state index in [-0.39, 0.29) is 11.8 Å².